The fourth-order valence-corrected chi connectivity index (χ4v) is 6.12. The largest absolute Gasteiger partial charge is 0.495 e. The van der Waals surface area contributed by atoms with Gasteiger partial charge < -0.3 is 20.1 Å². The van der Waals surface area contributed by atoms with Gasteiger partial charge in [0.05, 0.1) is 30.9 Å². The minimum atomic E-state index is -3.74. The standard InChI is InChI=1S/C22H30N4O7S/c1-32-18-7-6-16(34(30,31)25-11-13-33-14-12-25)15-17(18)23-19(27)5-4-10-26-20(28)22(24-21(26)29)8-2-3-9-22/h6-7,15H,2-5,8-14H2,1H3,(H,23,27)(H,24,29). The zero-order valence-corrected chi connectivity index (χ0v) is 20.0. The van der Waals surface area contributed by atoms with Crippen LogP contribution in [0.5, 0.6) is 5.75 Å². The van der Waals surface area contributed by atoms with E-state index < -0.39 is 21.6 Å². The molecule has 0 unspecified atom stereocenters. The van der Waals surface area contributed by atoms with Crippen molar-refractivity contribution in [2.24, 2.45) is 0 Å². The van der Waals surface area contributed by atoms with Crippen LogP contribution in [0.4, 0.5) is 10.5 Å². The van der Waals surface area contributed by atoms with Crippen molar-refractivity contribution in [3.63, 3.8) is 0 Å². The van der Waals surface area contributed by atoms with Crippen molar-refractivity contribution in [2.45, 2.75) is 49.0 Å². The predicted octanol–water partition coefficient (Wildman–Crippen LogP) is 1.30. The third-order valence-corrected chi connectivity index (χ3v) is 8.44. The zero-order chi connectivity index (χ0) is 24.3. The van der Waals surface area contributed by atoms with Gasteiger partial charge in [0.15, 0.2) is 0 Å². The molecule has 1 spiro atoms. The number of nitrogens with zero attached hydrogens (tertiary/aromatic N) is 2. The molecule has 0 bridgehead atoms. The van der Waals surface area contributed by atoms with Crippen LogP contribution in [-0.4, -0.2) is 81.0 Å². The first-order chi connectivity index (χ1) is 16.3. The second-order valence-electron chi connectivity index (χ2n) is 8.71. The van der Waals surface area contributed by atoms with E-state index in [9.17, 15) is 22.8 Å². The van der Waals surface area contributed by atoms with Gasteiger partial charge in [-0.1, -0.05) is 12.8 Å². The Labute approximate surface area is 198 Å². The maximum atomic E-state index is 13.0. The number of hydrogen-bond acceptors (Lipinski definition) is 7. The van der Waals surface area contributed by atoms with E-state index in [-0.39, 0.29) is 54.9 Å². The molecule has 12 heteroatoms. The first-order valence-electron chi connectivity index (χ1n) is 11.5. The van der Waals surface area contributed by atoms with E-state index in [0.29, 0.717) is 31.8 Å². The molecule has 1 aromatic carbocycles. The molecular weight excluding hydrogens is 464 g/mol. The summed E-state index contributed by atoms with van der Waals surface area (Å²) in [5.41, 5.74) is -0.527. The van der Waals surface area contributed by atoms with Crippen LogP contribution in [0.25, 0.3) is 0 Å². The van der Waals surface area contributed by atoms with E-state index in [1.807, 2.05) is 0 Å². The van der Waals surface area contributed by atoms with Crippen molar-refractivity contribution >= 4 is 33.6 Å². The molecule has 3 aliphatic rings. The number of hydrogen-bond donors (Lipinski definition) is 2. The summed E-state index contributed by atoms with van der Waals surface area (Å²) in [5, 5.41) is 5.52. The van der Waals surface area contributed by atoms with Crippen LogP contribution in [0.15, 0.2) is 23.1 Å². The van der Waals surface area contributed by atoms with Gasteiger partial charge in [0.1, 0.15) is 11.3 Å². The maximum absolute atomic E-state index is 13.0. The van der Waals surface area contributed by atoms with Crippen LogP contribution in [0, 0.1) is 0 Å². The number of carbonyl (C=O) groups is 3. The maximum Gasteiger partial charge on any atom is 0.325 e. The molecule has 3 fully saturated rings. The number of benzene rings is 1. The first-order valence-corrected chi connectivity index (χ1v) is 12.9. The van der Waals surface area contributed by atoms with Crippen LogP contribution in [-0.2, 0) is 24.3 Å². The van der Waals surface area contributed by atoms with Gasteiger partial charge in [0.2, 0.25) is 15.9 Å². The van der Waals surface area contributed by atoms with E-state index in [1.54, 1.807) is 0 Å². The average molecular weight is 495 g/mol. The topological polar surface area (TPSA) is 134 Å². The Morgan fingerprint density at radius 2 is 1.91 bits per heavy atom. The number of morpholine rings is 1. The smallest absolute Gasteiger partial charge is 0.325 e. The van der Waals surface area contributed by atoms with E-state index in [1.165, 1.54) is 34.5 Å². The first kappa shape index (κ1) is 24.4. The van der Waals surface area contributed by atoms with Gasteiger partial charge in [-0.05, 0) is 37.5 Å². The molecule has 2 N–H and O–H groups in total. The third-order valence-electron chi connectivity index (χ3n) is 6.54. The zero-order valence-electron chi connectivity index (χ0n) is 19.2. The Kier molecular flexibility index (Phi) is 7.10. The minimum Gasteiger partial charge on any atom is -0.495 e. The van der Waals surface area contributed by atoms with Crippen molar-refractivity contribution in [2.75, 3.05) is 45.3 Å². The SMILES string of the molecule is COc1ccc(S(=O)(=O)N2CCOCC2)cc1NC(=O)CCCN1C(=O)NC2(CCCC2)C1=O. The average Bonchev–Trinajstić information content (AvgIpc) is 3.39. The van der Waals surface area contributed by atoms with Crippen molar-refractivity contribution in [1.82, 2.24) is 14.5 Å². The third kappa shape index (κ3) is 4.75. The lowest BCUT2D eigenvalue weighted by atomic mass is 9.98. The van der Waals surface area contributed by atoms with Crippen molar-refractivity contribution in [1.29, 1.82) is 0 Å². The van der Waals surface area contributed by atoms with Crippen LogP contribution < -0.4 is 15.4 Å². The summed E-state index contributed by atoms with van der Waals surface area (Å²) < 4.78 is 37.8. The van der Waals surface area contributed by atoms with Crippen molar-refractivity contribution in [3.8, 4) is 5.75 Å². The Morgan fingerprint density at radius 1 is 1.21 bits per heavy atom. The van der Waals surface area contributed by atoms with Gasteiger partial charge in [-0.3, -0.25) is 14.5 Å². The Morgan fingerprint density at radius 3 is 2.59 bits per heavy atom. The summed E-state index contributed by atoms with van der Waals surface area (Å²) in [6, 6.07) is 3.91. The molecule has 2 heterocycles. The number of imide groups is 1. The van der Waals surface area contributed by atoms with Crippen LogP contribution >= 0.6 is 0 Å². The molecule has 11 nitrogen and oxygen atoms in total. The van der Waals surface area contributed by atoms with Crippen molar-refractivity contribution < 1.29 is 32.3 Å². The Bertz CT molecular complexity index is 1060. The number of anilines is 1. The highest BCUT2D eigenvalue weighted by Gasteiger charge is 2.52. The van der Waals surface area contributed by atoms with Gasteiger partial charge >= 0.3 is 6.03 Å². The number of methoxy groups -OCH3 is 1. The molecule has 186 valence electrons. The number of sulfonamides is 1. The summed E-state index contributed by atoms with van der Waals surface area (Å²) in [7, 11) is -2.31. The molecule has 34 heavy (non-hydrogen) atoms. The number of nitrogens with one attached hydrogen (secondary N) is 2. The quantitative estimate of drug-likeness (QED) is 0.520. The fraction of sp³-hybridized carbons (Fsp3) is 0.591. The number of carbonyl (C=O) groups excluding carboxylic acids is 3. The van der Waals surface area contributed by atoms with Crippen LogP contribution in [0.3, 0.4) is 0 Å². The Hall–Kier alpha value is -2.70. The summed E-state index contributed by atoms with van der Waals surface area (Å²) in [4.78, 5) is 38.8. The van der Waals surface area contributed by atoms with Gasteiger partial charge in [-0.15, -0.1) is 0 Å². The van der Waals surface area contributed by atoms with Crippen LogP contribution in [0.1, 0.15) is 38.5 Å². The van der Waals surface area contributed by atoms with E-state index in [2.05, 4.69) is 10.6 Å². The summed E-state index contributed by atoms with van der Waals surface area (Å²) in [6.07, 6.45) is 3.45. The lowest BCUT2D eigenvalue weighted by Crippen LogP contribution is -2.44. The molecule has 1 saturated carbocycles. The number of ether oxygens (including phenoxy) is 2. The normalized spacial score (nSPS) is 20.6. The van der Waals surface area contributed by atoms with Gasteiger partial charge in [-0.25, -0.2) is 13.2 Å². The number of rotatable bonds is 8. The summed E-state index contributed by atoms with van der Waals surface area (Å²) >= 11 is 0. The van der Waals surface area contributed by atoms with Gasteiger partial charge in [0.25, 0.3) is 5.91 Å². The minimum absolute atomic E-state index is 0.0479. The second-order valence-corrected chi connectivity index (χ2v) is 10.6. The fourth-order valence-electron chi connectivity index (χ4n) is 4.69. The lowest BCUT2D eigenvalue weighted by molar-refractivity contribution is -0.131. The predicted molar refractivity (Wildman–Crippen MR) is 122 cm³/mol. The monoisotopic (exact) mass is 494 g/mol. The highest BCUT2D eigenvalue weighted by atomic mass is 32.2. The highest BCUT2D eigenvalue weighted by molar-refractivity contribution is 7.89. The molecule has 2 aliphatic heterocycles. The number of urea groups is 1. The molecular formula is C22H30N4O7S. The van der Waals surface area contributed by atoms with E-state index in [4.69, 9.17) is 9.47 Å². The summed E-state index contributed by atoms with van der Waals surface area (Å²) in [5.74, 6) is -0.258. The molecule has 2 saturated heterocycles. The van der Waals surface area contributed by atoms with E-state index in [0.717, 1.165) is 12.8 Å². The lowest BCUT2D eigenvalue weighted by Gasteiger charge is -2.26. The van der Waals surface area contributed by atoms with Gasteiger partial charge in [-0.2, -0.15) is 4.31 Å². The van der Waals surface area contributed by atoms with E-state index >= 15 is 0 Å². The second kappa shape index (κ2) is 9.88. The van der Waals surface area contributed by atoms with Crippen LogP contribution in [0.2, 0.25) is 0 Å². The highest BCUT2D eigenvalue weighted by Crippen LogP contribution is 2.35. The molecule has 1 aromatic rings. The summed E-state index contributed by atoms with van der Waals surface area (Å²) in [6.45, 7) is 1.33. The van der Waals surface area contributed by atoms with Gasteiger partial charge in [0, 0.05) is 26.1 Å². The molecule has 1 aliphatic carbocycles. The number of amides is 4. The molecule has 0 aromatic heterocycles. The Balaban J connectivity index is 1.37. The molecule has 4 rings (SSSR count). The molecule has 4 amide bonds. The van der Waals surface area contributed by atoms with Crippen molar-refractivity contribution in [3.05, 3.63) is 18.2 Å². The molecule has 0 atom stereocenters. The molecule has 0 radical (unpaired) electrons.